The monoisotopic (exact) mass is 293 g/mol. The number of thioether (sulfide) groups is 1. The van der Waals surface area contributed by atoms with E-state index >= 15 is 0 Å². The molecule has 1 N–H and O–H groups in total. The van der Waals surface area contributed by atoms with E-state index in [9.17, 15) is 4.79 Å². The maximum absolute atomic E-state index is 11.1. The van der Waals surface area contributed by atoms with Crippen molar-refractivity contribution in [1.29, 1.82) is 0 Å². The fourth-order valence-electron chi connectivity index (χ4n) is 1.43. The first-order valence-corrected chi connectivity index (χ1v) is 6.93. The Hall–Kier alpha value is -0.650. The second kappa shape index (κ2) is 9.30. The van der Waals surface area contributed by atoms with Crippen molar-refractivity contribution in [2.75, 3.05) is 25.4 Å². The average Bonchev–Trinajstić information content (AvgIpc) is 2.34. The van der Waals surface area contributed by atoms with Gasteiger partial charge in [-0.25, -0.2) is 0 Å². The molecule has 0 amide bonds. The quantitative estimate of drug-likeness (QED) is 0.782. The Morgan fingerprint density at radius 2 is 2.06 bits per heavy atom. The Balaban J connectivity index is 0.00000289. The molecule has 0 aliphatic heterocycles. The normalized spacial score (nSPS) is 10.4. The summed E-state index contributed by atoms with van der Waals surface area (Å²) < 4.78 is 5.11. The van der Waals surface area contributed by atoms with Gasteiger partial charge in [-0.05, 0) is 13.1 Å². The summed E-state index contributed by atoms with van der Waals surface area (Å²) in [7, 11) is 0. The van der Waals surface area contributed by atoms with Crippen LogP contribution in [0.1, 0.15) is 19.6 Å². The van der Waals surface area contributed by atoms with Crippen LogP contribution in [0.25, 0.3) is 0 Å². The number of hydrogen-bond acceptors (Lipinski definition) is 5. The van der Waals surface area contributed by atoms with Crippen molar-refractivity contribution < 1.29 is 9.52 Å². The molecule has 0 aromatic carbocycles. The van der Waals surface area contributed by atoms with Gasteiger partial charge in [0, 0.05) is 18.4 Å². The van der Waals surface area contributed by atoms with Crippen LogP contribution in [0.15, 0.2) is 21.5 Å². The molecule has 0 unspecified atom stereocenters. The van der Waals surface area contributed by atoms with Crippen LogP contribution < -0.4 is 5.43 Å². The van der Waals surface area contributed by atoms with Crippen molar-refractivity contribution in [3.05, 3.63) is 28.3 Å². The predicted molar refractivity (Wildman–Crippen MR) is 77.8 cm³/mol. The third-order valence-electron chi connectivity index (χ3n) is 2.56. The van der Waals surface area contributed by atoms with Crippen molar-refractivity contribution in [2.24, 2.45) is 0 Å². The maximum Gasteiger partial charge on any atom is 0.226 e. The van der Waals surface area contributed by atoms with E-state index in [4.69, 9.17) is 9.52 Å². The molecule has 4 nitrogen and oxygen atoms in total. The first-order valence-electron chi connectivity index (χ1n) is 5.78. The average molecular weight is 294 g/mol. The summed E-state index contributed by atoms with van der Waals surface area (Å²) in [6.45, 7) is 7.46. The molecule has 1 aromatic rings. The molecule has 1 aromatic heterocycles. The van der Waals surface area contributed by atoms with Crippen molar-refractivity contribution in [3.8, 4) is 5.75 Å². The first kappa shape index (κ1) is 17.4. The van der Waals surface area contributed by atoms with Gasteiger partial charge in [0.1, 0.15) is 12.0 Å². The molecule has 18 heavy (non-hydrogen) atoms. The van der Waals surface area contributed by atoms with Crippen LogP contribution in [-0.4, -0.2) is 35.4 Å². The Labute approximate surface area is 118 Å². The Morgan fingerprint density at radius 3 is 2.61 bits per heavy atom. The molecule has 6 heteroatoms. The zero-order valence-electron chi connectivity index (χ0n) is 10.7. The van der Waals surface area contributed by atoms with Gasteiger partial charge >= 0.3 is 0 Å². The number of rotatable bonds is 7. The van der Waals surface area contributed by atoms with Gasteiger partial charge in [-0.2, -0.15) is 11.8 Å². The highest BCUT2D eigenvalue weighted by Crippen LogP contribution is 2.12. The van der Waals surface area contributed by atoms with E-state index in [1.807, 2.05) is 0 Å². The smallest absolute Gasteiger partial charge is 0.226 e. The van der Waals surface area contributed by atoms with Crippen LogP contribution in [0.4, 0.5) is 0 Å². The fraction of sp³-hybridized carbons (Fsp3) is 0.583. The molecular formula is C12H20ClNO3S. The van der Waals surface area contributed by atoms with E-state index in [1.54, 1.807) is 11.8 Å². The van der Waals surface area contributed by atoms with Crippen molar-refractivity contribution in [2.45, 2.75) is 19.6 Å². The van der Waals surface area contributed by atoms with Crippen LogP contribution in [0.3, 0.4) is 0 Å². The van der Waals surface area contributed by atoms with Crippen LogP contribution >= 0.6 is 24.2 Å². The second-order valence-electron chi connectivity index (χ2n) is 3.68. The summed E-state index contributed by atoms with van der Waals surface area (Å²) >= 11 is 1.72. The maximum atomic E-state index is 11.1. The minimum Gasteiger partial charge on any atom is -0.502 e. The summed E-state index contributed by atoms with van der Waals surface area (Å²) in [6.07, 6.45) is 1.10. The number of aromatic hydroxyl groups is 1. The molecule has 1 heterocycles. The lowest BCUT2D eigenvalue weighted by atomic mass is 10.4. The molecule has 0 aliphatic rings. The van der Waals surface area contributed by atoms with E-state index in [0.29, 0.717) is 11.5 Å². The predicted octanol–water partition coefficient (Wildman–Crippen LogP) is 2.34. The van der Waals surface area contributed by atoms with Crippen molar-refractivity contribution in [3.63, 3.8) is 0 Å². The lowest BCUT2D eigenvalue weighted by Gasteiger charge is -2.17. The van der Waals surface area contributed by atoms with Crippen LogP contribution in [-0.2, 0) is 5.75 Å². The van der Waals surface area contributed by atoms with E-state index < -0.39 is 0 Å². The molecule has 0 spiro atoms. The molecule has 1 rings (SSSR count). The number of halogens is 1. The van der Waals surface area contributed by atoms with E-state index in [-0.39, 0.29) is 23.6 Å². The highest BCUT2D eigenvalue weighted by Gasteiger charge is 2.03. The van der Waals surface area contributed by atoms with Crippen molar-refractivity contribution >= 4 is 24.2 Å². The van der Waals surface area contributed by atoms with Gasteiger partial charge in [-0.1, -0.05) is 13.8 Å². The molecule has 0 fully saturated rings. The van der Waals surface area contributed by atoms with Gasteiger partial charge in [0.15, 0.2) is 5.75 Å². The zero-order chi connectivity index (χ0) is 12.7. The topological polar surface area (TPSA) is 53.7 Å². The standard InChI is InChI=1S/C12H19NO3S.ClH/c1-3-13(4-2)5-6-17-9-10-7-11(14)12(15)8-16-10;/h7-8,15H,3-6,9H2,1-2H3;1H. The molecular weight excluding hydrogens is 274 g/mol. The van der Waals surface area contributed by atoms with Gasteiger partial charge < -0.3 is 14.4 Å². The van der Waals surface area contributed by atoms with Gasteiger partial charge in [0.05, 0.1) is 5.75 Å². The fourth-order valence-corrected chi connectivity index (χ4v) is 2.31. The molecule has 0 aliphatic carbocycles. The largest absolute Gasteiger partial charge is 0.502 e. The van der Waals surface area contributed by atoms with Crippen LogP contribution in [0, 0.1) is 0 Å². The Bertz CT molecular complexity index is 393. The van der Waals surface area contributed by atoms with Gasteiger partial charge in [0.25, 0.3) is 0 Å². The lowest BCUT2D eigenvalue weighted by molar-refractivity contribution is 0.324. The SMILES string of the molecule is CCN(CC)CCSCc1cc(=O)c(O)co1.Cl. The van der Waals surface area contributed by atoms with Crippen LogP contribution in [0.2, 0.25) is 0 Å². The lowest BCUT2D eigenvalue weighted by Crippen LogP contribution is -2.25. The molecule has 0 bridgehead atoms. The number of nitrogens with zero attached hydrogens (tertiary/aromatic N) is 1. The molecule has 0 saturated carbocycles. The van der Waals surface area contributed by atoms with E-state index in [1.165, 1.54) is 6.07 Å². The minimum absolute atomic E-state index is 0. The third-order valence-corrected chi connectivity index (χ3v) is 3.52. The summed E-state index contributed by atoms with van der Waals surface area (Å²) in [5, 5.41) is 9.03. The summed E-state index contributed by atoms with van der Waals surface area (Å²) in [5.41, 5.74) is -0.379. The second-order valence-corrected chi connectivity index (χ2v) is 4.78. The Kier molecular flexibility index (Phi) is 8.97. The van der Waals surface area contributed by atoms with E-state index in [2.05, 4.69) is 18.7 Å². The van der Waals surface area contributed by atoms with Gasteiger partial charge in [-0.15, -0.1) is 12.4 Å². The summed E-state index contributed by atoms with van der Waals surface area (Å²) in [5.74, 6) is 1.95. The minimum atomic E-state index is -0.379. The van der Waals surface area contributed by atoms with Crippen LogP contribution in [0.5, 0.6) is 5.75 Å². The van der Waals surface area contributed by atoms with Crippen molar-refractivity contribution in [1.82, 2.24) is 4.90 Å². The zero-order valence-corrected chi connectivity index (χ0v) is 12.4. The van der Waals surface area contributed by atoms with E-state index in [0.717, 1.165) is 31.7 Å². The first-order chi connectivity index (χ1) is 8.17. The molecule has 0 saturated heterocycles. The molecule has 0 radical (unpaired) electrons. The number of hydrogen-bond donors (Lipinski definition) is 1. The Morgan fingerprint density at radius 1 is 1.39 bits per heavy atom. The highest BCUT2D eigenvalue weighted by atomic mass is 35.5. The van der Waals surface area contributed by atoms with Gasteiger partial charge in [0.2, 0.25) is 5.43 Å². The summed E-state index contributed by atoms with van der Waals surface area (Å²) in [6, 6.07) is 1.35. The molecule has 104 valence electrons. The molecule has 0 atom stereocenters. The van der Waals surface area contributed by atoms with Gasteiger partial charge in [-0.3, -0.25) is 4.79 Å². The highest BCUT2D eigenvalue weighted by molar-refractivity contribution is 7.98. The third kappa shape index (κ3) is 5.80. The summed E-state index contributed by atoms with van der Waals surface area (Å²) in [4.78, 5) is 13.5.